The Hall–Kier alpha value is -1.56. The summed E-state index contributed by atoms with van der Waals surface area (Å²) in [6.45, 7) is 4.34. The molecule has 0 saturated heterocycles. The fourth-order valence-corrected chi connectivity index (χ4v) is 4.14. The van der Waals surface area contributed by atoms with Crippen molar-refractivity contribution in [3.8, 4) is 0 Å². The summed E-state index contributed by atoms with van der Waals surface area (Å²) in [5, 5.41) is 19.9. The van der Waals surface area contributed by atoms with Crippen LogP contribution in [-0.2, 0) is 0 Å². The summed E-state index contributed by atoms with van der Waals surface area (Å²) in [5.74, 6) is 2.03. The van der Waals surface area contributed by atoms with E-state index in [1.807, 2.05) is 10.7 Å². The Morgan fingerprint density at radius 2 is 2.27 bits per heavy atom. The molecule has 6 nitrogen and oxygen atoms in total. The second-order valence-electron chi connectivity index (χ2n) is 6.72. The van der Waals surface area contributed by atoms with Gasteiger partial charge < -0.3 is 10.4 Å². The number of aromatic nitrogens is 2. The lowest BCUT2D eigenvalue weighted by Gasteiger charge is -2.30. The highest BCUT2D eigenvalue weighted by atomic mass is 16.3. The van der Waals surface area contributed by atoms with Gasteiger partial charge in [0.2, 0.25) is 0 Å². The Morgan fingerprint density at radius 1 is 1.50 bits per heavy atom. The number of aliphatic hydroxyl groups is 1. The van der Waals surface area contributed by atoms with Crippen LogP contribution in [0.25, 0.3) is 0 Å². The first-order chi connectivity index (χ1) is 10.6. The molecule has 22 heavy (non-hydrogen) atoms. The van der Waals surface area contributed by atoms with E-state index < -0.39 is 0 Å². The molecule has 2 aliphatic rings. The number of nitrogens with one attached hydrogen (secondary N) is 2. The van der Waals surface area contributed by atoms with Crippen LogP contribution >= 0.6 is 0 Å². The maximum absolute atomic E-state index is 12.3. The summed E-state index contributed by atoms with van der Waals surface area (Å²) >= 11 is 0. The molecule has 2 saturated carbocycles. The molecule has 5 unspecified atom stereocenters. The van der Waals surface area contributed by atoms with Crippen molar-refractivity contribution in [2.75, 3.05) is 11.9 Å². The normalized spacial score (nSPS) is 31.2. The lowest BCUT2D eigenvalue weighted by atomic mass is 9.85. The van der Waals surface area contributed by atoms with Crippen LogP contribution in [0.3, 0.4) is 0 Å². The molecule has 3 N–H and O–H groups in total. The highest BCUT2D eigenvalue weighted by Crippen LogP contribution is 2.48. The third-order valence-corrected chi connectivity index (χ3v) is 5.52. The highest BCUT2D eigenvalue weighted by molar-refractivity contribution is 5.88. The molecule has 2 amide bonds. The number of fused-ring (bicyclic) bond motifs is 2. The number of nitrogens with zero attached hydrogens (tertiary/aromatic N) is 2. The zero-order chi connectivity index (χ0) is 15.7. The maximum atomic E-state index is 12.3. The lowest BCUT2D eigenvalue weighted by molar-refractivity contribution is 0.146. The summed E-state index contributed by atoms with van der Waals surface area (Å²) in [4.78, 5) is 12.3. The molecular weight excluding hydrogens is 280 g/mol. The lowest BCUT2D eigenvalue weighted by Crippen LogP contribution is -2.47. The standard InChI is InChI=1S/C16H26N4O2/c1-3-10(2)20-14(6-7-17-20)18-16(22)19-15-12-5-4-11(8-12)13(15)9-21/h6-7,10-13,15,21H,3-5,8-9H2,1-2H3,(H2,18,19,22). The third-order valence-electron chi connectivity index (χ3n) is 5.52. The van der Waals surface area contributed by atoms with Gasteiger partial charge in [-0.1, -0.05) is 6.92 Å². The second-order valence-corrected chi connectivity index (χ2v) is 6.72. The van der Waals surface area contributed by atoms with Crippen LogP contribution < -0.4 is 10.6 Å². The summed E-state index contributed by atoms with van der Waals surface area (Å²) in [6, 6.07) is 1.97. The van der Waals surface area contributed by atoms with Crippen molar-refractivity contribution in [1.82, 2.24) is 15.1 Å². The third kappa shape index (κ3) is 2.72. The van der Waals surface area contributed by atoms with Crippen molar-refractivity contribution in [1.29, 1.82) is 0 Å². The zero-order valence-electron chi connectivity index (χ0n) is 13.3. The van der Waals surface area contributed by atoms with Crippen LogP contribution in [0.5, 0.6) is 0 Å². The van der Waals surface area contributed by atoms with E-state index in [-0.39, 0.29) is 30.6 Å². The molecule has 6 heteroatoms. The molecule has 0 radical (unpaired) electrons. The monoisotopic (exact) mass is 306 g/mol. The predicted octanol–water partition coefficient (Wildman–Crippen LogP) is 2.38. The van der Waals surface area contributed by atoms with Crippen molar-refractivity contribution in [3.05, 3.63) is 12.3 Å². The van der Waals surface area contributed by atoms with Gasteiger partial charge in [-0.2, -0.15) is 5.10 Å². The van der Waals surface area contributed by atoms with E-state index in [9.17, 15) is 9.90 Å². The second kappa shape index (κ2) is 6.28. The van der Waals surface area contributed by atoms with Crippen LogP contribution in [0.2, 0.25) is 0 Å². The number of aliphatic hydroxyl groups excluding tert-OH is 1. The van der Waals surface area contributed by atoms with Gasteiger partial charge in [0.25, 0.3) is 0 Å². The van der Waals surface area contributed by atoms with Crippen LogP contribution in [0.1, 0.15) is 45.6 Å². The largest absolute Gasteiger partial charge is 0.396 e. The predicted molar refractivity (Wildman–Crippen MR) is 84.6 cm³/mol. The Balaban J connectivity index is 1.62. The Kier molecular flexibility index (Phi) is 4.38. The smallest absolute Gasteiger partial charge is 0.320 e. The van der Waals surface area contributed by atoms with E-state index in [0.717, 1.165) is 25.1 Å². The molecule has 1 heterocycles. The molecule has 0 aromatic carbocycles. The fourth-order valence-electron chi connectivity index (χ4n) is 4.14. The van der Waals surface area contributed by atoms with Crippen molar-refractivity contribution in [2.45, 2.75) is 51.6 Å². The number of anilines is 1. The first-order valence-electron chi connectivity index (χ1n) is 8.35. The van der Waals surface area contributed by atoms with Gasteiger partial charge in [-0.05, 0) is 44.4 Å². The van der Waals surface area contributed by atoms with Gasteiger partial charge in [-0.25, -0.2) is 9.48 Å². The minimum Gasteiger partial charge on any atom is -0.396 e. The molecule has 122 valence electrons. The minimum atomic E-state index is -0.193. The van der Waals surface area contributed by atoms with Gasteiger partial charge >= 0.3 is 6.03 Å². The topological polar surface area (TPSA) is 79.2 Å². The minimum absolute atomic E-state index is 0.101. The van der Waals surface area contributed by atoms with Gasteiger partial charge in [-0.3, -0.25) is 5.32 Å². The SMILES string of the molecule is CCC(C)n1nccc1NC(=O)NC1C2CCC(C2)C1CO. The molecule has 2 bridgehead atoms. The van der Waals surface area contributed by atoms with Gasteiger partial charge in [-0.15, -0.1) is 0 Å². The number of urea groups is 1. The number of hydrogen-bond donors (Lipinski definition) is 3. The Labute approximate surface area is 131 Å². The summed E-state index contributed by atoms with van der Waals surface area (Å²) in [7, 11) is 0. The van der Waals surface area contributed by atoms with Crippen LogP contribution in [0, 0.1) is 17.8 Å². The average Bonchev–Trinajstić information content (AvgIpc) is 3.22. The van der Waals surface area contributed by atoms with Gasteiger partial charge in [0.1, 0.15) is 5.82 Å². The molecule has 1 aromatic heterocycles. The van der Waals surface area contributed by atoms with Crippen LogP contribution in [0.4, 0.5) is 10.6 Å². The van der Waals surface area contributed by atoms with Crippen LogP contribution in [0.15, 0.2) is 12.3 Å². The first-order valence-corrected chi connectivity index (χ1v) is 8.35. The average molecular weight is 306 g/mol. The number of amides is 2. The Morgan fingerprint density at radius 3 is 3.00 bits per heavy atom. The number of rotatable bonds is 5. The molecular formula is C16H26N4O2. The number of hydrogen-bond acceptors (Lipinski definition) is 3. The quantitative estimate of drug-likeness (QED) is 0.781. The van der Waals surface area contributed by atoms with E-state index in [1.165, 1.54) is 6.42 Å². The van der Waals surface area contributed by atoms with E-state index in [2.05, 4.69) is 29.6 Å². The molecule has 3 rings (SSSR count). The van der Waals surface area contributed by atoms with E-state index in [1.54, 1.807) is 6.20 Å². The molecule has 5 atom stereocenters. The molecule has 2 aliphatic carbocycles. The molecule has 0 spiro atoms. The summed E-state index contributed by atoms with van der Waals surface area (Å²) in [6.07, 6.45) is 6.15. The van der Waals surface area contributed by atoms with E-state index in [0.29, 0.717) is 11.8 Å². The highest BCUT2D eigenvalue weighted by Gasteiger charge is 2.47. The Bertz CT molecular complexity index is 530. The van der Waals surface area contributed by atoms with Gasteiger partial charge in [0.05, 0.1) is 12.2 Å². The summed E-state index contributed by atoms with van der Waals surface area (Å²) in [5.41, 5.74) is 0. The molecule has 0 aliphatic heterocycles. The first kappa shape index (κ1) is 15.3. The summed E-state index contributed by atoms with van der Waals surface area (Å²) < 4.78 is 1.84. The van der Waals surface area contributed by atoms with Gasteiger partial charge in [0, 0.05) is 24.6 Å². The van der Waals surface area contributed by atoms with Gasteiger partial charge in [0.15, 0.2) is 0 Å². The molecule has 2 fully saturated rings. The number of carbonyl (C=O) groups excluding carboxylic acids is 1. The van der Waals surface area contributed by atoms with Crippen molar-refractivity contribution >= 4 is 11.8 Å². The fraction of sp³-hybridized carbons (Fsp3) is 0.750. The van der Waals surface area contributed by atoms with Crippen molar-refractivity contribution in [2.24, 2.45) is 17.8 Å². The van der Waals surface area contributed by atoms with Crippen molar-refractivity contribution < 1.29 is 9.90 Å². The maximum Gasteiger partial charge on any atom is 0.320 e. The van der Waals surface area contributed by atoms with E-state index >= 15 is 0 Å². The van der Waals surface area contributed by atoms with Crippen molar-refractivity contribution in [3.63, 3.8) is 0 Å². The number of carbonyl (C=O) groups is 1. The van der Waals surface area contributed by atoms with Crippen LogP contribution in [-0.4, -0.2) is 33.6 Å². The molecule has 1 aromatic rings. The van der Waals surface area contributed by atoms with E-state index in [4.69, 9.17) is 0 Å². The zero-order valence-corrected chi connectivity index (χ0v) is 13.3.